The molecule has 5 rings (SSSR count). The summed E-state index contributed by atoms with van der Waals surface area (Å²) >= 11 is 0. The van der Waals surface area contributed by atoms with Crippen molar-refractivity contribution >= 4 is 11.9 Å². The van der Waals surface area contributed by atoms with E-state index in [0.29, 0.717) is 29.6 Å². The van der Waals surface area contributed by atoms with Crippen LogP contribution in [0.4, 0.5) is 0 Å². The van der Waals surface area contributed by atoms with Gasteiger partial charge < -0.3 is 9.84 Å². The first-order chi connectivity index (χ1) is 14.2. The van der Waals surface area contributed by atoms with E-state index in [1.54, 1.807) is 0 Å². The standard InChI is InChI=1S/C26H40O4/c1-6-13-10-14(7-2)20-17-12-16(19(13)20)21(23(27)28)22(17)24(29)30-18-11-15-8-9-26(18,5)25(15,3)4/h13-22H,6-12H2,1-5H3,(H,27,28). The molecule has 0 aromatic rings. The fraction of sp³-hybridized carbons (Fsp3) is 0.923. The zero-order chi connectivity index (χ0) is 21.6. The van der Waals surface area contributed by atoms with Crippen molar-refractivity contribution < 1.29 is 19.4 Å². The van der Waals surface area contributed by atoms with Crippen molar-refractivity contribution in [2.45, 2.75) is 85.7 Å². The Morgan fingerprint density at radius 1 is 0.933 bits per heavy atom. The molecular weight excluding hydrogens is 376 g/mol. The number of carboxylic acids is 1. The van der Waals surface area contributed by atoms with Crippen molar-refractivity contribution in [2.24, 2.45) is 64.1 Å². The molecule has 0 spiro atoms. The predicted octanol–water partition coefficient (Wildman–Crippen LogP) is 5.40. The van der Waals surface area contributed by atoms with Gasteiger partial charge in [-0.15, -0.1) is 0 Å². The summed E-state index contributed by atoms with van der Waals surface area (Å²) in [5.74, 6) is 1.42. The maximum absolute atomic E-state index is 13.6. The third kappa shape index (κ3) is 2.45. The van der Waals surface area contributed by atoms with Gasteiger partial charge in [-0.1, -0.05) is 47.5 Å². The van der Waals surface area contributed by atoms with Gasteiger partial charge in [-0.25, -0.2) is 0 Å². The van der Waals surface area contributed by atoms with E-state index in [4.69, 9.17) is 4.74 Å². The highest BCUT2D eigenvalue weighted by atomic mass is 16.5. The molecule has 0 amide bonds. The molecular formula is C26H40O4. The average molecular weight is 417 g/mol. The quantitative estimate of drug-likeness (QED) is 0.610. The molecule has 5 saturated carbocycles. The van der Waals surface area contributed by atoms with Crippen LogP contribution in [0, 0.1) is 64.1 Å². The van der Waals surface area contributed by atoms with Crippen LogP contribution in [0.2, 0.25) is 0 Å². The van der Waals surface area contributed by atoms with Crippen molar-refractivity contribution in [2.75, 3.05) is 0 Å². The molecule has 5 aliphatic rings. The molecule has 11 unspecified atom stereocenters. The van der Waals surface area contributed by atoms with Crippen LogP contribution in [0.15, 0.2) is 0 Å². The summed E-state index contributed by atoms with van der Waals surface area (Å²) in [7, 11) is 0. The van der Waals surface area contributed by atoms with Gasteiger partial charge in [0.25, 0.3) is 0 Å². The number of hydrogen-bond acceptors (Lipinski definition) is 3. The van der Waals surface area contributed by atoms with E-state index in [-0.39, 0.29) is 34.7 Å². The maximum Gasteiger partial charge on any atom is 0.310 e. The van der Waals surface area contributed by atoms with Gasteiger partial charge in [-0.3, -0.25) is 9.59 Å². The zero-order valence-electron chi connectivity index (χ0n) is 19.4. The van der Waals surface area contributed by atoms with E-state index >= 15 is 0 Å². The number of carboxylic acid groups (broad SMARTS) is 1. The summed E-state index contributed by atoms with van der Waals surface area (Å²) in [5.41, 5.74) is 0.218. The number of hydrogen-bond donors (Lipinski definition) is 1. The van der Waals surface area contributed by atoms with Crippen LogP contribution in [0.3, 0.4) is 0 Å². The predicted molar refractivity (Wildman–Crippen MR) is 114 cm³/mol. The SMILES string of the molecule is CCC1CC(CC)C2C3CC(C(C(=O)O)C3C(=O)OC3CC4CCC3(C)C4(C)C)C12. The van der Waals surface area contributed by atoms with Crippen molar-refractivity contribution in [3.8, 4) is 0 Å². The molecule has 5 fully saturated rings. The van der Waals surface area contributed by atoms with E-state index in [1.165, 1.54) is 12.8 Å². The minimum absolute atomic E-state index is 0.0266. The molecule has 4 bridgehead atoms. The minimum atomic E-state index is -0.766. The molecule has 0 radical (unpaired) electrons. The van der Waals surface area contributed by atoms with Gasteiger partial charge in [-0.2, -0.15) is 0 Å². The molecule has 1 N–H and O–H groups in total. The second kappa shape index (κ2) is 6.72. The largest absolute Gasteiger partial charge is 0.481 e. The summed E-state index contributed by atoms with van der Waals surface area (Å²) in [6, 6.07) is 0. The lowest BCUT2D eigenvalue weighted by Gasteiger charge is -2.41. The monoisotopic (exact) mass is 416 g/mol. The number of ether oxygens (including phenoxy) is 1. The Hall–Kier alpha value is -1.06. The Kier molecular flexibility index (Phi) is 4.66. The van der Waals surface area contributed by atoms with Gasteiger partial charge in [0.05, 0.1) is 11.8 Å². The summed E-state index contributed by atoms with van der Waals surface area (Å²) < 4.78 is 6.27. The topological polar surface area (TPSA) is 63.6 Å². The van der Waals surface area contributed by atoms with Crippen LogP contribution in [-0.4, -0.2) is 23.1 Å². The lowest BCUT2D eigenvalue weighted by atomic mass is 9.65. The molecule has 4 nitrogen and oxygen atoms in total. The summed E-state index contributed by atoms with van der Waals surface area (Å²) in [6.07, 6.45) is 7.68. The van der Waals surface area contributed by atoms with Crippen molar-refractivity contribution in [1.29, 1.82) is 0 Å². The molecule has 168 valence electrons. The van der Waals surface area contributed by atoms with E-state index in [0.717, 1.165) is 32.1 Å². The maximum atomic E-state index is 13.6. The lowest BCUT2D eigenvalue weighted by molar-refractivity contribution is -0.173. The summed E-state index contributed by atoms with van der Waals surface area (Å²) in [4.78, 5) is 25.9. The third-order valence-corrected chi connectivity index (χ3v) is 11.6. The van der Waals surface area contributed by atoms with Crippen molar-refractivity contribution in [3.05, 3.63) is 0 Å². The Labute approximate surface area is 181 Å². The first kappa shape index (κ1) is 20.8. The van der Waals surface area contributed by atoms with E-state index in [2.05, 4.69) is 34.6 Å². The van der Waals surface area contributed by atoms with E-state index in [1.807, 2.05) is 0 Å². The van der Waals surface area contributed by atoms with Crippen LogP contribution in [0.1, 0.15) is 79.6 Å². The van der Waals surface area contributed by atoms with Gasteiger partial charge in [0.1, 0.15) is 6.10 Å². The molecule has 11 atom stereocenters. The average Bonchev–Trinajstić information content (AvgIpc) is 3.44. The van der Waals surface area contributed by atoms with Crippen molar-refractivity contribution in [1.82, 2.24) is 0 Å². The number of esters is 1. The second-order valence-electron chi connectivity index (χ2n) is 12.2. The van der Waals surface area contributed by atoms with Gasteiger partial charge in [0, 0.05) is 5.41 Å². The molecule has 5 aliphatic carbocycles. The van der Waals surface area contributed by atoms with Crippen LogP contribution in [-0.2, 0) is 14.3 Å². The molecule has 0 saturated heterocycles. The van der Waals surface area contributed by atoms with E-state index < -0.39 is 17.8 Å². The van der Waals surface area contributed by atoms with Crippen LogP contribution in [0.25, 0.3) is 0 Å². The Morgan fingerprint density at radius 3 is 2.00 bits per heavy atom. The number of rotatable bonds is 5. The highest BCUT2D eigenvalue weighted by Gasteiger charge is 2.68. The third-order valence-electron chi connectivity index (χ3n) is 11.6. The molecule has 0 aliphatic heterocycles. The lowest BCUT2D eigenvalue weighted by Crippen LogP contribution is -2.46. The number of carbonyl (C=O) groups is 2. The fourth-order valence-corrected chi connectivity index (χ4v) is 9.60. The molecule has 0 heterocycles. The first-order valence-corrected chi connectivity index (χ1v) is 12.6. The van der Waals surface area contributed by atoms with Gasteiger partial charge in [-0.05, 0) is 78.9 Å². The molecule has 4 heteroatoms. The second-order valence-corrected chi connectivity index (χ2v) is 12.2. The van der Waals surface area contributed by atoms with Crippen LogP contribution in [0.5, 0.6) is 0 Å². The Balaban J connectivity index is 1.40. The molecule has 0 aromatic carbocycles. The number of carbonyl (C=O) groups excluding carboxylic acids is 1. The van der Waals surface area contributed by atoms with Gasteiger partial charge in [0.2, 0.25) is 0 Å². The Morgan fingerprint density at radius 2 is 1.53 bits per heavy atom. The highest BCUT2D eigenvalue weighted by molar-refractivity contribution is 5.83. The number of fused-ring (bicyclic) bond motifs is 7. The van der Waals surface area contributed by atoms with Crippen LogP contribution >= 0.6 is 0 Å². The molecule has 0 aromatic heterocycles. The van der Waals surface area contributed by atoms with Crippen LogP contribution < -0.4 is 0 Å². The highest BCUT2D eigenvalue weighted by Crippen LogP contribution is 2.69. The minimum Gasteiger partial charge on any atom is -0.481 e. The smallest absolute Gasteiger partial charge is 0.310 e. The summed E-state index contributed by atoms with van der Waals surface area (Å²) in [6.45, 7) is 11.5. The van der Waals surface area contributed by atoms with E-state index in [9.17, 15) is 14.7 Å². The zero-order valence-corrected chi connectivity index (χ0v) is 19.4. The Bertz CT molecular complexity index is 743. The molecule has 30 heavy (non-hydrogen) atoms. The number of aliphatic carboxylic acids is 1. The fourth-order valence-electron chi connectivity index (χ4n) is 9.60. The summed E-state index contributed by atoms with van der Waals surface area (Å²) in [5, 5.41) is 10.1. The van der Waals surface area contributed by atoms with Gasteiger partial charge in [0.15, 0.2) is 0 Å². The first-order valence-electron chi connectivity index (χ1n) is 12.6. The normalized spacial score (nSPS) is 52.6. The van der Waals surface area contributed by atoms with Gasteiger partial charge >= 0.3 is 11.9 Å². The van der Waals surface area contributed by atoms with Crippen molar-refractivity contribution in [3.63, 3.8) is 0 Å².